The lowest BCUT2D eigenvalue weighted by molar-refractivity contribution is -0.186. The fourth-order valence-corrected chi connectivity index (χ4v) is 3.46. The predicted molar refractivity (Wildman–Crippen MR) is 59.5 cm³/mol. The van der Waals surface area contributed by atoms with Gasteiger partial charge in [-0.15, -0.1) is 0 Å². The van der Waals surface area contributed by atoms with E-state index in [1.807, 2.05) is 0 Å². The summed E-state index contributed by atoms with van der Waals surface area (Å²) in [6.07, 6.45) is 0.315. The molecular weight excluding hydrogens is 229 g/mol. The highest BCUT2D eigenvalue weighted by atomic mass is 19.4. The molecule has 2 fully saturated rings. The summed E-state index contributed by atoms with van der Waals surface area (Å²) in [6, 6.07) is 0. The number of halogens is 3. The Kier molecular flexibility index (Phi) is 3.45. The van der Waals surface area contributed by atoms with Crippen LogP contribution in [0, 0.1) is 17.8 Å². The number of rotatable bonds is 3. The molecule has 2 aliphatic carbocycles. The van der Waals surface area contributed by atoms with Gasteiger partial charge in [-0.3, -0.25) is 0 Å². The van der Waals surface area contributed by atoms with E-state index in [0.717, 1.165) is 19.3 Å². The molecule has 0 spiro atoms. The lowest BCUT2D eigenvalue weighted by atomic mass is 9.77. The number of hydrogen-bond acceptors (Lipinski definition) is 1. The first-order valence-electron chi connectivity index (χ1n) is 6.67. The molecule has 2 saturated carbocycles. The largest absolute Gasteiger partial charge is 0.391 e. The van der Waals surface area contributed by atoms with Gasteiger partial charge in [-0.05, 0) is 50.4 Å². The number of hydrogen-bond donors (Lipinski definition) is 1. The Balaban J connectivity index is 1.84. The van der Waals surface area contributed by atoms with E-state index in [2.05, 4.69) is 6.92 Å². The zero-order chi connectivity index (χ0) is 12.7. The lowest BCUT2D eigenvalue weighted by Crippen LogP contribution is -2.33. The summed E-state index contributed by atoms with van der Waals surface area (Å²) < 4.78 is 37.5. The summed E-state index contributed by atoms with van der Waals surface area (Å²) in [5.41, 5.74) is -0.618. The van der Waals surface area contributed by atoms with Crippen LogP contribution in [0.1, 0.15) is 51.9 Å². The Labute approximate surface area is 100 Å². The molecule has 0 aromatic rings. The van der Waals surface area contributed by atoms with Gasteiger partial charge in [0.25, 0.3) is 0 Å². The van der Waals surface area contributed by atoms with Crippen LogP contribution >= 0.6 is 0 Å². The summed E-state index contributed by atoms with van der Waals surface area (Å²) in [6.45, 7) is 2.08. The van der Waals surface area contributed by atoms with E-state index < -0.39 is 17.7 Å². The first kappa shape index (κ1) is 13.2. The molecular formula is C13H21F3O. The van der Waals surface area contributed by atoms with Gasteiger partial charge in [-0.25, -0.2) is 0 Å². The maximum Gasteiger partial charge on any atom is 0.391 e. The van der Waals surface area contributed by atoms with E-state index in [0.29, 0.717) is 18.8 Å². The van der Waals surface area contributed by atoms with Crippen LogP contribution in [0.4, 0.5) is 13.2 Å². The third-order valence-corrected chi connectivity index (χ3v) is 4.65. The van der Waals surface area contributed by atoms with Crippen LogP contribution in [0.3, 0.4) is 0 Å². The zero-order valence-electron chi connectivity index (χ0n) is 10.3. The van der Waals surface area contributed by atoms with Gasteiger partial charge in [0.1, 0.15) is 0 Å². The Morgan fingerprint density at radius 2 is 1.76 bits per heavy atom. The third kappa shape index (κ3) is 2.61. The first-order chi connectivity index (χ1) is 7.88. The Bertz CT molecular complexity index is 268. The highest BCUT2D eigenvalue weighted by Gasteiger charge is 2.58. The lowest BCUT2D eigenvalue weighted by Gasteiger charge is -2.33. The molecule has 0 amide bonds. The highest BCUT2D eigenvalue weighted by molar-refractivity contribution is 5.08. The highest BCUT2D eigenvalue weighted by Crippen LogP contribution is 2.56. The van der Waals surface area contributed by atoms with Crippen molar-refractivity contribution in [2.24, 2.45) is 17.8 Å². The first-order valence-corrected chi connectivity index (χ1v) is 6.67. The molecule has 2 atom stereocenters. The fraction of sp³-hybridized carbons (Fsp3) is 1.00. The number of alkyl halides is 3. The van der Waals surface area contributed by atoms with Gasteiger partial charge in [-0.1, -0.05) is 13.3 Å². The van der Waals surface area contributed by atoms with Crippen LogP contribution < -0.4 is 0 Å². The van der Waals surface area contributed by atoms with Gasteiger partial charge in [0, 0.05) is 0 Å². The van der Waals surface area contributed by atoms with Crippen molar-refractivity contribution in [3.05, 3.63) is 0 Å². The van der Waals surface area contributed by atoms with Gasteiger partial charge in [0.05, 0.1) is 11.5 Å². The molecule has 1 nitrogen and oxygen atoms in total. The van der Waals surface area contributed by atoms with Crippen molar-refractivity contribution in [2.75, 3.05) is 0 Å². The second-order valence-electron chi connectivity index (χ2n) is 5.77. The van der Waals surface area contributed by atoms with E-state index in [4.69, 9.17) is 0 Å². The summed E-state index contributed by atoms with van der Waals surface area (Å²) in [5, 5.41) is 10.4. The molecule has 2 rings (SSSR count). The summed E-state index contributed by atoms with van der Waals surface area (Å²) in [7, 11) is 0. The van der Waals surface area contributed by atoms with Crippen molar-refractivity contribution in [1.29, 1.82) is 0 Å². The SMILES string of the molecule is CCCC1CC1(O)C1CCC(C(F)(F)F)CC1. The molecule has 2 unspecified atom stereocenters. The molecule has 2 aliphatic rings. The van der Waals surface area contributed by atoms with Crippen molar-refractivity contribution in [1.82, 2.24) is 0 Å². The summed E-state index contributed by atoms with van der Waals surface area (Å²) in [5.74, 6) is -0.677. The maximum absolute atomic E-state index is 12.5. The Morgan fingerprint density at radius 3 is 2.24 bits per heavy atom. The average molecular weight is 250 g/mol. The molecule has 0 heterocycles. The van der Waals surface area contributed by atoms with E-state index in [9.17, 15) is 18.3 Å². The minimum atomic E-state index is -4.04. The van der Waals surface area contributed by atoms with E-state index in [-0.39, 0.29) is 18.8 Å². The van der Waals surface area contributed by atoms with Gasteiger partial charge < -0.3 is 5.11 Å². The van der Waals surface area contributed by atoms with Crippen LogP contribution in [0.2, 0.25) is 0 Å². The molecule has 17 heavy (non-hydrogen) atoms. The van der Waals surface area contributed by atoms with Crippen LogP contribution in [-0.4, -0.2) is 16.9 Å². The van der Waals surface area contributed by atoms with Gasteiger partial charge >= 0.3 is 6.18 Å². The molecule has 1 N–H and O–H groups in total. The Hall–Kier alpha value is -0.250. The minimum absolute atomic E-state index is 0.109. The van der Waals surface area contributed by atoms with Crippen molar-refractivity contribution >= 4 is 0 Å². The molecule has 0 radical (unpaired) electrons. The molecule has 0 saturated heterocycles. The minimum Gasteiger partial charge on any atom is -0.389 e. The molecule has 100 valence electrons. The molecule has 0 aromatic heterocycles. The van der Waals surface area contributed by atoms with Gasteiger partial charge in [-0.2, -0.15) is 13.2 Å². The van der Waals surface area contributed by atoms with Crippen LogP contribution in [-0.2, 0) is 0 Å². The monoisotopic (exact) mass is 250 g/mol. The van der Waals surface area contributed by atoms with Gasteiger partial charge in [0.2, 0.25) is 0 Å². The van der Waals surface area contributed by atoms with Crippen LogP contribution in [0.5, 0.6) is 0 Å². The second-order valence-corrected chi connectivity index (χ2v) is 5.77. The topological polar surface area (TPSA) is 20.2 Å². The van der Waals surface area contributed by atoms with Gasteiger partial charge in [0.15, 0.2) is 0 Å². The van der Waals surface area contributed by atoms with Crippen molar-refractivity contribution in [2.45, 2.75) is 63.6 Å². The maximum atomic E-state index is 12.5. The molecule has 4 heteroatoms. The molecule has 0 bridgehead atoms. The number of aliphatic hydroxyl groups is 1. The summed E-state index contributed by atoms with van der Waals surface area (Å²) in [4.78, 5) is 0. The summed E-state index contributed by atoms with van der Waals surface area (Å²) >= 11 is 0. The third-order valence-electron chi connectivity index (χ3n) is 4.65. The van der Waals surface area contributed by atoms with E-state index in [1.165, 1.54) is 0 Å². The molecule has 0 aliphatic heterocycles. The standard InChI is InChI=1S/C13H21F3O/c1-2-3-11-8-12(11,17)9-4-6-10(7-5-9)13(14,15)16/h9-11,17H,2-8H2,1H3. The predicted octanol–water partition coefficient (Wildman–Crippen LogP) is 3.91. The van der Waals surface area contributed by atoms with Crippen LogP contribution in [0.25, 0.3) is 0 Å². The zero-order valence-corrected chi connectivity index (χ0v) is 10.3. The van der Waals surface area contributed by atoms with E-state index in [1.54, 1.807) is 0 Å². The van der Waals surface area contributed by atoms with E-state index >= 15 is 0 Å². The molecule has 0 aromatic carbocycles. The van der Waals surface area contributed by atoms with Crippen molar-refractivity contribution in [3.8, 4) is 0 Å². The van der Waals surface area contributed by atoms with Crippen LogP contribution in [0.15, 0.2) is 0 Å². The quantitative estimate of drug-likeness (QED) is 0.805. The smallest absolute Gasteiger partial charge is 0.389 e. The van der Waals surface area contributed by atoms with Crippen molar-refractivity contribution in [3.63, 3.8) is 0 Å². The average Bonchev–Trinajstić information content (AvgIpc) is 2.91. The fourth-order valence-electron chi connectivity index (χ4n) is 3.46. The normalized spacial score (nSPS) is 42.5. The second kappa shape index (κ2) is 4.45. The Morgan fingerprint density at radius 1 is 1.18 bits per heavy atom. The van der Waals surface area contributed by atoms with Crippen molar-refractivity contribution < 1.29 is 18.3 Å².